The molecule has 32 heavy (non-hydrogen) atoms. The number of ether oxygens (including phenoxy) is 2. The number of benzene rings is 2. The van der Waals surface area contributed by atoms with E-state index in [2.05, 4.69) is 21.9 Å². The maximum Gasteiger partial charge on any atom is 0.161 e. The summed E-state index contributed by atoms with van der Waals surface area (Å²) in [5.41, 5.74) is 3.50. The number of piperidine rings is 1. The van der Waals surface area contributed by atoms with Crippen LogP contribution in [-0.4, -0.2) is 48.7 Å². The largest absolute Gasteiger partial charge is 0.486 e. The van der Waals surface area contributed by atoms with Crippen molar-refractivity contribution in [2.45, 2.75) is 57.2 Å². The highest BCUT2D eigenvalue weighted by atomic mass is 16.6. The van der Waals surface area contributed by atoms with Gasteiger partial charge in [0.15, 0.2) is 11.5 Å². The molecule has 0 aromatic heterocycles. The average Bonchev–Trinajstić information content (AvgIpc) is 3.38. The first-order valence-electron chi connectivity index (χ1n) is 11.9. The molecule has 1 atom stereocenters. The Bertz CT molecular complexity index is 996. The Morgan fingerprint density at radius 1 is 1.00 bits per heavy atom. The lowest BCUT2D eigenvalue weighted by molar-refractivity contribution is 0.0204. The van der Waals surface area contributed by atoms with Crippen molar-refractivity contribution in [3.05, 3.63) is 42.0 Å². The number of fused-ring (bicyclic) bond motifs is 1. The van der Waals surface area contributed by atoms with E-state index in [-0.39, 0.29) is 12.9 Å². The smallest absolute Gasteiger partial charge is 0.161 e. The molecule has 2 aliphatic heterocycles. The van der Waals surface area contributed by atoms with E-state index < -0.39 is 0 Å². The molecule has 0 amide bonds. The van der Waals surface area contributed by atoms with Crippen LogP contribution in [0.1, 0.15) is 50.5 Å². The van der Waals surface area contributed by atoms with Crippen LogP contribution in [0.25, 0.3) is 11.1 Å². The van der Waals surface area contributed by atoms with Crippen LogP contribution >= 0.6 is 0 Å². The quantitative estimate of drug-likeness (QED) is 0.700. The van der Waals surface area contributed by atoms with Crippen LogP contribution in [-0.2, 0) is 0 Å². The third kappa shape index (κ3) is 3.92. The highest BCUT2D eigenvalue weighted by Gasteiger charge is 2.34. The van der Waals surface area contributed by atoms with Crippen molar-refractivity contribution in [2.24, 2.45) is 0 Å². The number of anilines is 1. The van der Waals surface area contributed by atoms with Crippen LogP contribution in [0.3, 0.4) is 0 Å². The molecule has 168 valence electrons. The van der Waals surface area contributed by atoms with Crippen LogP contribution in [0.4, 0.5) is 5.69 Å². The van der Waals surface area contributed by atoms with Crippen LogP contribution in [0.5, 0.6) is 11.5 Å². The lowest BCUT2D eigenvalue weighted by Crippen LogP contribution is -2.54. The van der Waals surface area contributed by atoms with Crippen molar-refractivity contribution in [2.75, 3.05) is 31.4 Å². The van der Waals surface area contributed by atoms with Crippen LogP contribution in [0, 0.1) is 11.3 Å². The number of aliphatic hydroxyl groups excluding tert-OH is 1. The maximum atomic E-state index is 10.3. The van der Waals surface area contributed by atoms with E-state index in [9.17, 15) is 10.4 Å². The molecule has 3 aliphatic rings. The molecule has 0 radical (unpaired) electrons. The summed E-state index contributed by atoms with van der Waals surface area (Å²) in [6.07, 6.45) is 8.14. The van der Waals surface area contributed by atoms with Gasteiger partial charge in [0.1, 0.15) is 19.3 Å². The zero-order valence-electron chi connectivity index (χ0n) is 18.5. The molecule has 1 unspecified atom stereocenters. The summed E-state index contributed by atoms with van der Waals surface area (Å²) >= 11 is 0. The Morgan fingerprint density at radius 3 is 2.56 bits per heavy atom. The van der Waals surface area contributed by atoms with Crippen molar-refractivity contribution in [3.63, 3.8) is 0 Å². The third-order valence-electron chi connectivity index (χ3n) is 7.13. The fourth-order valence-electron chi connectivity index (χ4n) is 5.58. The summed E-state index contributed by atoms with van der Waals surface area (Å²) in [7, 11) is 0. The Labute approximate surface area is 190 Å². The predicted molar refractivity (Wildman–Crippen MR) is 124 cm³/mol. The number of aliphatic hydroxyl groups is 1. The topological polar surface area (TPSA) is 69.0 Å². The molecule has 5 rings (SSSR count). The van der Waals surface area contributed by atoms with Crippen molar-refractivity contribution in [1.29, 1.82) is 5.26 Å². The van der Waals surface area contributed by atoms with Crippen LogP contribution < -0.4 is 14.4 Å². The van der Waals surface area contributed by atoms with Gasteiger partial charge in [0.05, 0.1) is 24.1 Å². The highest BCUT2D eigenvalue weighted by Crippen LogP contribution is 2.39. The minimum absolute atomic E-state index is 0.0651. The zero-order chi connectivity index (χ0) is 21.9. The molecule has 2 aromatic rings. The Hall–Kier alpha value is -2.75. The summed E-state index contributed by atoms with van der Waals surface area (Å²) in [6, 6.07) is 14.9. The summed E-state index contributed by atoms with van der Waals surface area (Å²) in [4.78, 5) is 4.63. The molecule has 1 saturated heterocycles. The molecule has 1 N–H and O–H groups in total. The van der Waals surface area contributed by atoms with Crippen molar-refractivity contribution in [1.82, 2.24) is 4.90 Å². The molecule has 1 saturated carbocycles. The number of hydrogen-bond acceptors (Lipinski definition) is 6. The Kier molecular flexibility index (Phi) is 6.20. The molecule has 0 bridgehead atoms. The van der Waals surface area contributed by atoms with Crippen LogP contribution in [0.2, 0.25) is 0 Å². The number of nitrogens with zero attached hydrogens (tertiary/aromatic N) is 3. The normalized spacial score (nSPS) is 21.0. The van der Waals surface area contributed by atoms with Gasteiger partial charge in [-0.3, -0.25) is 4.90 Å². The second-order valence-corrected chi connectivity index (χ2v) is 8.93. The summed E-state index contributed by atoms with van der Waals surface area (Å²) < 4.78 is 11.4. The van der Waals surface area contributed by atoms with E-state index in [1.807, 2.05) is 30.3 Å². The second-order valence-electron chi connectivity index (χ2n) is 8.93. The van der Waals surface area contributed by atoms with Gasteiger partial charge in [-0.2, -0.15) is 5.26 Å². The first kappa shape index (κ1) is 21.1. The molecule has 2 aromatic carbocycles. The maximum absolute atomic E-state index is 10.3. The average molecular weight is 434 g/mol. The van der Waals surface area contributed by atoms with Crippen LogP contribution in [0.15, 0.2) is 36.4 Å². The van der Waals surface area contributed by atoms with Gasteiger partial charge in [-0.05, 0) is 55.9 Å². The number of hydrogen-bond donors (Lipinski definition) is 1. The first-order chi connectivity index (χ1) is 15.8. The summed E-state index contributed by atoms with van der Waals surface area (Å²) in [6.45, 7) is 2.06. The SMILES string of the molecule is N#Cc1c(-c2ccc3c(c2)OCCO3)cccc1N1CCCCC1N(CO)C1CCCC1. The van der Waals surface area contributed by atoms with Gasteiger partial charge >= 0.3 is 0 Å². The molecule has 6 nitrogen and oxygen atoms in total. The zero-order valence-corrected chi connectivity index (χ0v) is 18.5. The first-order valence-corrected chi connectivity index (χ1v) is 11.9. The lowest BCUT2D eigenvalue weighted by atomic mass is 9.96. The third-order valence-corrected chi connectivity index (χ3v) is 7.13. The van der Waals surface area contributed by atoms with E-state index in [1.54, 1.807) is 0 Å². The molecular formula is C26H31N3O3. The fraction of sp³-hybridized carbons (Fsp3) is 0.500. The molecule has 1 aliphatic carbocycles. The van der Waals surface area contributed by atoms with E-state index in [1.165, 1.54) is 12.8 Å². The summed E-state index contributed by atoms with van der Waals surface area (Å²) in [5.74, 6) is 1.48. The van der Waals surface area contributed by atoms with Crippen molar-refractivity contribution < 1.29 is 14.6 Å². The van der Waals surface area contributed by atoms with Gasteiger partial charge in [0, 0.05) is 18.2 Å². The number of nitriles is 1. The Balaban J connectivity index is 1.52. The van der Waals surface area contributed by atoms with Gasteiger partial charge in [-0.25, -0.2) is 0 Å². The molecular weight excluding hydrogens is 402 g/mol. The molecule has 6 heteroatoms. The summed E-state index contributed by atoms with van der Waals surface area (Å²) in [5, 5.41) is 20.5. The minimum atomic E-state index is 0.0651. The number of rotatable bonds is 5. The molecule has 0 spiro atoms. The fourth-order valence-corrected chi connectivity index (χ4v) is 5.58. The van der Waals surface area contributed by atoms with Gasteiger partial charge in [-0.15, -0.1) is 0 Å². The van der Waals surface area contributed by atoms with Crippen molar-refractivity contribution in [3.8, 4) is 28.7 Å². The monoisotopic (exact) mass is 433 g/mol. The standard InChI is InChI=1S/C26H31N3O3/c27-17-22-21(19-11-12-24-25(16-19)32-15-14-31-24)8-5-9-23(22)28-13-4-3-10-26(28)29(18-30)20-6-1-2-7-20/h5,8-9,11-12,16,20,26,30H,1-4,6-7,10,13-15,18H2. The highest BCUT2D eigenvalue weighted by molar-refractivity contribution is 5.80. The minimum Gasteiger partial charge on any atom is -0.486 e. The van der Waals surface area contributed by atoms with Gasteiger partial charge < -0.3 is 19.5 Å². The molecule has 2 fully saturated rings. The van der Waals surface area contributed by atoms with E-state index >= 15 is 0 Å². The lowest BCUT2D eigenvalue weighted by Gasteiger charge is -2.46. The van der Waals surface area contributed by atoms with Gasteiger partial charge in [0.2, 0.25) is 0 Å². The van der Waals surface area contributed by atoms with Gasteiger partial charge in [-0.1, -0.05) is 31.0 Å². The molecule has 2 heterocycles. The van der Waals surface area contributed by atoms with Crippen molar-refractivity contribution >= 4 is 5.69 Å². The Morgan fingerprint density at radius 2 is 1.78 bits per heavy atom. The second kappa shape index (κ2) is 9.40. The predicted octanol–water partition coefficient (Wildman–Crippen LogP) is 4.51. The van der Waals surface area contributed by atoms with E-state index in [0.29, 0.717) is 24.8 Å². The van der Waals surface area contributed by atoms with E-state index in [0.717, 1.165) is 67.0 Å². The van der Waals surface area contributed by atoms with Gasteiger partial charge in [0.25, 0.3) is 0 Å². The van der Waals surface area contributed by atoms with E-state index in [4.69, 9.17) is 9.47 Å².